The van der Waals surface area contributed by atoms with Crippen LogP contribution in [0.25, 0.3) is 0 Å². The number of amides is 2. The molecule has 5 nitrogen and oxygen atoms in total. The van der Waals surface area contributed by atoms with E-state index in [9.17, 15) is 9.59 Å². The summed E-state index contributed by atoms with van der Waals surface area (Å²) in [5.74, 6) is -0.852. The summed E-state index contributed by atoms with van der Waals surface area (Å²) in [4.78, 5) is 34.3. The fourth-order valence-corrected chi connectivity index (χ4v) is 2.29. The Morgan fingerprint density at radius 3 is 2.19 bits per heavy atom. The Hall–Kier alpha value is -2.53. The summed E-state index contributed by atoms with van der Waals surface area (Å²) < 4.78 is 0. The van der Waals surface area contributed by atoms with Crippen molar-refractivity contribution >= 4 is 11.8 Å². The molecule has 1 aromatic heterocycles. The molecule has 2 heterocycles. The van der Waals surface area contributed by atoms with Crippen molar-refractivity contribution in [3.05, 3.63) is 65.5 Å². The van der Waals surface area contributed by atoms with E-state index < -0.39 is 17.9 Å². The van der Waals surface area contributed by atoms with Crippen LogP contribution < -0.4 is 0 Å². The first-order valence-electron chi connectivity index (χ1n) is 6.78. The van der Waals surface area contributed by atoms with Crippen molar-refractivity contribution in [2.75, 3.05) is 0 Å². The number of carbonyl (C=O) groups is 2. The lowest BCUT2D eigenvalue weighted by atomic mass is 10.1. The molecule has 0 spiro atoms. The summed E-state index contributed by atoms with van der Waals surface area (Å²) in [6.07, 6.45) is 1.82. The van der Waals surface area contributed by atoms with Gasteiger partial charge in [-0.25, -0.2) is 0 Å². The predicted octanol–water partition coefficient (Wildman–Crippen LogP) is 2.76. The molecule has 1 aromatic carbocycles. The highest BCUT2D eigenvalue weighted by molar-refractivity contribution is 6.20. The van der Waals surface area contributed by atoms with Crippen LogP contribution in [0.4, 0.5) is 0 Å². The minimum absolute atomic E-state index is 0.373. The molecule has 0 saturated heterocycles. The van der Waals surface area contributed by atoms with Gasteiger partial charge in [0.1, 0.15) is 6.10 Å². The predicted molar refractivity (Wildman–Crippen MR) is 75.3 cm³/mol. The van der Waals surface area contributed by atoms with E-state index in [1.165, 1.54) is 0 Å². The number of hydrogen-bond acceptors (Lipinski definition) is 4. The molecular formula is C16H14N2O3. The summed E-state index contributed by atoms with van der Waals surface area (Å²) >= 11 is 0. The van der Waals surface area contributed by atoms with Crippen LogP contribution in [0.1, 0.15) is 45.9 Å². The minimum atomic E-state index is -0.437. The van der Waals surface area contributed by atoms with Gasteiger partial charge in [-0.05, 0) is 30.7 Å². The third kappa shape index (κ3) is 2.32. The van der Waals surface area contributed by atoms with Gasteiger partial charge < -0.3 is 0 Å². The van der Waals surface area contributed by atoms with Crippen LogP contribution in [0, 0.1) is 0 Å². The van der Waals surface area contributed by atoms with Crippen molar-refractivity contribution < 1.29 is 14.4 Å². The van der Waals surface area contributed by atoms with Crippen LogP contribution in [-0.2, 0) is 4.84 Å². The van der Waals surface area contributed by atoms with Crippen molar-refractivity contribution in [3.8, 4) is 0 Å². The quantitative estimate of drug-likeness (QED) is 0.809. The van der Waals surface area contributed by atoms with Crippen LogP contribution in [0.5, 0.6) is 0 Å². The number of hydrogen-bond donors (Lipinski definition) is 0. The van der Waals surface area contributed by atoms with Crippen LogP contribution in [0.3, 0.4) is 0 Å². The number of fused-ring (bicyclic) bond motifs is 1. The number of nitrogens with zero attached hydrogens (tertiary/aromatic N) is 2. The zero-order valence-electron chi connectivity index (χ0n) is 11.5. The van der Waals surface area contributed by atoms with Crippen molar-refractivity contribution in [1.82, 2.24) is 10.0 Å². The summed E-state index contributed by atoms with van der Waals surface area (Å²) in [7, 11) is 0. The average Bonchev–Trinajstić information content (AvgIpc) is 2.78. The molecule has 2 aromatic rings. The Kier molecular flexibility index (Phi) is 3.50. The van der Waals surface area contributed by atoms with Crippen molar-refractivity contribution in [2.45, 2.75) is 19.4 Å². The molecule has 0 radical (unpaired) electrons. The van der Waals surface area contributed by atoms with E-state index in [-0.39, 0.29) is 0 Å². The lowest BCUT2D eigenvalue weighted by molar-refractivity contribution is -0.136. The average molecular weight is 282 g/mol. The summed E-state index contributed by atoms with van der Waals surface area (Å²) in [5, 5.41) is 0.841. The van der Waals surface area contributed by atoms with Crippen LogP contribution in [-0.4, -0.2) is 21.9 Å². The molecule has 5 heteroatoms. The molecule has 0 aliphatic carbocycles. The second kappa shape index (κ2) is 5.46. The lowest BCUT2D eigenvalue weighted by Gasteiger charge is -2.20. The van der Waals surface area contributed by atoms with E-state index >= 15 is 0 Å². The van der Waals surface area contributed by atoms with Gasteiger partial charge in [0.05, 0.1) is 16.8 Å². The van der Waals surface area contributed by atoms with Crippen molar-refractivity contribution in [1.29, 1.82) is 0 Å². The zero-order valence-corrected chi connectivity index (χ0v) is 11.5. The summed E-state index contributed by atoms with van der Waals surface area (Å²) in [6, 6.07) is 12.2. The maximum atomic E-state index is 12.2. The Labute approximate surface area is 122 Å². The molecule has 0 bridgehead atoms. The maximum absolute atomic E-state index is 12.2. The summed E-state index contributed by atoms with van der Waals surface area (Å²) in [6.45, 7) is 1.91. The molecule has 1 aliphatic rings. The first-order valence-corrected chi connectivity index (χ1v) is 6.78. The van der Waals surface area contributed by atoms with E-state index in [4.69, 9.17) is 4.84 Å². The van der Waals surface area contributed by atoms with E-state index in [1.54, 1.807) is 36.5 Å². The number of imide groups is 1. The third-order valence-electron chi connectivity index (χ3n) is 3.38. The standard InChI is InChI=1S/C16H14N2O3/c1-2-14(13-9-5-6-10-17-13)21-18-15(19)11-7-3-4-8-12(11)16(18)20/h3-10,14H,2H2,1H3. The van der Waals surface area contributed by atoms with Gasteiger partial charge in [0.15, 0.2) is 0 Å². The molecule has 21 heavy (non-hydrogen) atoms. The first-order chi connectivity index (χ1) is 10.2. The maximum Gasteiger partial charge on any atom is 0.285 e. The minimum Gasteiger partial charge on any atom is -0.266 e. The molecule has 106 valence electrons. The van der Waals surface area contributed by atoms with E-state index in [1.807, 2.05) is 19.1 Å². The molecule has 0 saturated carbocycles. The van der Waals surface area contributed by atoms with Crippen LogP contribution in [0.15, 0.2) is 48.7 Å². The van der Waals surface area contributed by atoms with Crippen LogP contribution >= 0.6 is 0 Å². The van der Waals surface area contributed by atoms with Gasteiger partial charge in [-0.2, -0.15) is 0 Å². The molecule has 3 rings (SSSR count). The van der Waals surface area contributed by atoms with E-state index in [2.05, 4.69) is 4.98 Å². The first kappa shape index (κ1) is 13.5. The largest absolute Gasteiger partial charge is 0.285 e. The zero-order chi connectivity index (χ0) is 14.8. The fourth-order valence-electron chi connectivity index (χ4n) is 2.29. The van der Waals surface area contributed by atoms with E-state index in [0.29, 0.717) is 23.2 Å². The monoisotopic (exact) mass is 282 g/mol. The molecule has 0 N–H and O–H groups in total. The second-order valence-corrected chi connectivity index (χ2v) is 4.71. The van der Waals surface area contributed by atoms with E-state index in [0.717, 1.165) is 5.06 Å². The molecular weight excluding hydrogens is 268 g/mol. The second-order valence-electron chi connectivity index (χ2n) is 4.71. The Morgan fingerprint density at radius 2 is 1.67 bits per heavy atom. The molecule has 1 atom stereocenters. The third-order valence-corrected chi connectivity index (χ3v) is 3.38. The highest BCUT2D eigenvalue weighted by atomic mass is 16.7. The number of hydroxylamine groups is 2. The highest BCUT2D eigenvalue weighted by Crippen LogP contribution is 2.28. The van der Waals surface area contributed by atoms with Gasteiger partial charge in [0.25, 0.3) is 11.8 Å². The smallest absolute Gasteiger partial charge is 0.266 e. The Morgan fingerprint density at radius 1 is 1.05 bits per heavy atom. The molecule has 2 amide bonds. The fraction of sp³-hybridized carbons (Fsp3) is 0.188. The van der Waals surface area contributed by atoms with Gasteiger partial charge in [-0.15, -0.1) is 5.06 Å². The van der Waals surface area contributed by atoms with Crippen molar-refractivity contribution in [3.63, 3.8) is 0 Å². The molecule has 0 fully saturated rings. The highest BCUT2D eigenvalue weighted by Gasteiger charge is 2.38. The summed E-state index contributed by atoms with van der Waals surface area (Å²) in [5.41, 5.74) is 1.44. The van der Waals surface area contributed by atoms with Crippen LogP contribution in [0.2, 0.25) is 0 Å². The topological polar surface area (TPSA) is 59.5 Å². The number of aromatic nitrogens is 1. The Balaban J connectivity index is 1.86. The number of rotatable bonds is 4. The van der Waals surface area contributed by atoms with Gasteiger partial charge in [-0.3, -0.25) is 19.4 Å². The van der Waals surface area contributed by atoms with Gasteiger partial charge in [0.2, 0.25) is 0 Å². The SMILES string of the molecule is CCC(ON1C(=O)c2ccccc2C1=O)c1ccccn1. The number of benzene rings is 1. The van der Waals surface area contributed by atoms with Gasteiger partial charge in [0, 0.05) is 6.20 Å². The molecule has 1 aliphatic heterocycles. The van der Waals surface area contributed by atoms with Gasteiger partial charge >= 0.3 is 0 Å². The normalized spacial score (nSPS) is 15.2. The van der Waals surface area contributed by atoms with Gasteiger partial charge in [-0.1, -0.05) is 25.1 Å². The number of pyridine rings is 1. The number of carbonyl (C=O) groups excluding carboxylic acids is 2. The van der Waals surface area contributed by atoms with Crippen molar-refractivity contribution in [2.24, 2.45) is 0 Å². The Bertz CT molecular complexity index is 650. The molecule has 1 unspecified atom stereocenters. The lowest BCUT2D eigenvalue weighted by Crippen LogP contribution is -2.31.